The van der Waals surface area contributed by atoms with Crippen LogP contribution in [0.1, 0.15) is 39.5 Å². The summed E-state index contributed by atoms with van der Waals surface area (Å²) >= 11 is 1.30. The molecule has 1 heterocycles. The maximum atomic E-state index is 12.7. The lowest BCUT2D eigenvalue weighted by atomic mass is 9.97. The minimum atomic E-state index is -0.454. The number of carbonyl (C=O) groups excluding carboxylic acids is 2. The summed E-state index contributed by atoms with van der Waals surface area (Å²) in [5.41, 5.74) is 6.37. The summed E-state index contributed by atoms with van der Waals surface area (Å²) in [5.74, 6) is -0.127. The van der Waals surface area contributed by atoms with Crippen LogP contribution in [0.3, 0.4) is 0 Å². The van der Waals surface area contributed by atoms with E-state index in [9.17, 15) is 9.59 Å². The highest BCUT2D eigenvalue weighted by molar-refractivity contribution is 7.15. The molecule has 0 spiro atoms. The van der Waals surface area contributed by atoms with Crippen molar-refractivity contribution in [3.8, 4) is 16.9 Å². The van der Waals surface area contributed by atoms with Gasteiger partial charge in [-0.15, -0.1) is 11.3 Å². The van der Waals surface area contributed by atoms with Crippen LogP contribution in [0.15, 0.2) is 41.8 Å². The van der Waals surface area contributed by atoms with E-state index in [4.69, 9.17) is 9.47 Å². The number of amides is 1. The van der Waals surface area contributed by atoms with Gasteiger partial charge >= 0.3 is 5.97 Å². The normalized spacial score (nSPS) is 10.6. The van der Waals surface area contributed by atoms with E-state index in [1.807, 2.05) is 63.4 Å². The molecule has 3 aromatic rings. The number of rotatable bonds is 7. The van der Waals surface area contributed by atoms with Gasteiger partial charge in [0.1, 0.15) is 16.3 Å². The fourth-order valence-electron chi connectivity index (χ4n) is 3.44. The second-order valence-electron chi connectivity index (χ2n) is 7.50. The van der Waals surface area contributed by atoms with Gasteiger partial charge in [-0.2, -0.15) is 0 Å². The Bertz CT molecular complexity index is 1120. The van der Waals surface area contributed by atoms with Gasteiger partial charge in [0.25, 0.3) is 5.91 Å². The fraction of sp³-hybridized carbons (Fsp3) is 0.280. The lowest BCUT2D eigenvalue weighted by Crippen LogP contribution is -2.21. The van der Waals surface area contributed by atoms with Crippen LogP contribution in [-0.2, 0) is 9.53 Å². The largest absolute Gasteiger partial charge is 0.483 e. The maximum absolute atomic E-state index is 12.7. The molecule has 0 aliphatic carbocycles. The Balaban J connectivity index is 1.84. The number of ether oxygens (including phenoxy) is 2. The van der Waals surface area contributed by atoms with E-state index in [1.54, 1.807) is 6.92 Å². The van der Waals surface area contributed by atoms with Crippen molar-refractivity contribution >= 4 is 28.2 Å². The van der Waals surface area contributed by atoms with Crippen LogP contribution in [0.2, 0.25) is 0 Å². The minimum Gasteiger partial charge on any atom is -0.483 e. The van der Waals surface area contributed by atoms with Crippen LogP contribution in [0.25, 0.3) is 11.1 Å². The average molecular weight is 438 g/mol. The molecular weight excluding hydrogens is 410 g/mol. The highest BCUT2D eigenvalue weighted by atomic mass is 32.1. The first-order chi connectivity index (χ1) is 14.8. The van der Waals surface area contributed by atoms with Crippen molar-refractivity contribution in [3.05, 3.63) is 69.6 Å². The molecule has 0 bridgehead atoms. The molecule has 0 atom stereocenters. The van der Waals surface area contributed by atoms with E-state index in [-0.39, 0.29) is 19.1 Å². The molecule has 31 heavy (non-hydrogen) atoms. The van der Waals surface area contributed by atoms with Gasteiger partial charge in [-0.25, -0.2) is 4.79 Å². The monoisotopic (exact) mass is 437 g/mol. The third-order valence-electron chi connectivity index (χ3n) is 4.88. The molecule has 5 nitrogen and oxygen atoms in total. The zero-order chi connectivity index (χ0) is 22.5. The number of aryl methyl sites for hydroxylation is 4. The minimum absolute atomic E-state index is 0.150. The van der Waals surface area contributed by atoms with Crippen molar-refractivity contribution in [1.29, 1.82) is 0 Å². The fourth-order valence-corrected chi connectivity index (χ4v) is 4.40. The summed E-state index contributed by atoms with van der Waals surface area (Å²) in [6.45, 7) is 9.84. The third-order valence-corrected chi connectivity index (χ3v) is 5.78. The molecule has 0 fully saturated rings. The van der Waals surface area contributed by atoms with E-state index in [1.165, 1.54) is 11.3 Å². The SMILES string of the molecule is CCOC(=O)c1c(-c2ccc(C)cc2C)csc1NC(=O)COc1ccc(C)cc1C. The molecule has 0 saturated heterocycles. The number of thiophene rings is 1. The van der Waals surface area contributed by atoms with Crippen molar-refractivity contribution in [2.45, 2.75) is 34.6 Å². The standard InChI is InChI=1S/C25H27NO4S/c1-6-29-25(28)23-20(19-9-7-15(2)11-17(19)4)14-31-24(23)26-22(27)13-30-21-10-8-16(3)12-18(21)5/h7-12,14H,6,13H2,1-5H3,(H,26,27). The third kappa shape index (κ3) is 5.33. The molecule has 6 heteroatoms. The van der Waals surface area contributed by atoms with Crippen molar-refractivity contribution in [1.82, 2.24) is 0 Å². The molecule has 0 aliphatic heterocycles. The number of hydrogen-bond acceptors (Lipinski definition) is 5. The zero-order valence-corrected chi connectivity index (χ0v) is 19.3. The van der Waals surface area contributed by atoms with Crippen LogP contribution < -0.4 is 10.1 Å². The average Bonchev–Trinajstić information content (AvgIpc) is 3.10. The summed E-state index contributed by atoms with van der Waals surface area (Å²) in [7, 11) is 0. The molecular formula is C25H27NO4S. The van der Waals surface area contributed by atoms with Gasteiger partial charge in [0, 0.05) is 10.9 Å². The van der Waals surface area contributed by atoms with E-state index in [0.29, 0.717) is 16.3 Å². The maximum Gasteiger partial charge on any atom is 0.341 e. The number of hydrogen-bond donors (Lipinski definition) is 1. The van der Waals surface area contributed by atoms with Crippen LogP contribution in [0.4, 0.5) is 5.00 Å². The van der Waals surface area contributed by atoms with Gasteiger partial charge in [0.2, 0.25) is 0 Å². The van der Waals surface area contributed by atoms with Crippen LogP contribution >= 0.6 is 11.3 Å². The van der Waals surface area contributed by atoms with Crippen LogP contribution in [-0.4, -0.2) is 25.1 Å². The topological polar surface area (TPSA) is 64.6 Å². The quantitative estimate of drug-likeness (QED) is 0.472. The zero-order valence-electron chi connectivity index (χ0n) is 18.5. The first-order valence-corrected chi connectivity index (χ1v) is 11.0. The van der Waals surface area contributed by atoms with Crippen LogP contribution in [0.5, 0.6) is 5.75 Å². The second-order valence-corrected chi connectivity index (χ2v) is 8.38. The van der Waals surface area contributed by atoms with Crippen molar-refractivity contribution in [2.24, 2.45) is 0 Å². The van der Waals surface area contributed by atoms with Crippen molar-refractivity contribution in [2.75, 3.05) is 18.5 Å². The number of nitrogens with one attached hydrogen (secondary N) is 1. The Labute approximate surface area is 187 Å². The number of carbonyl (C=O) groups is 2. The number of anilines is 1. The smallest absolute Gasteiger partial charge is 0.341 e. The molecule has 0 saturated carbocycles. The summed E-state index contributed by atoms with van der Waals surface area (Å²) in [5, 5.41) is 5.17. The summed E-state index contributed by atoms with van der Waals surface area (Å²) in [6.07, 6.45) is 0. The van der Waals surface area contributed by atoms with E-state index in [0.717, 1.165) is 33.4 Å². The predicted octanol–water partition coefficient (Wildman–Crippen LogP) is 5.84. The lowest BCUT2D eigenvalue weighted by Gasteiger charge is -2.12. The van der Waals surface area contributed by atoms with Crippen molar-refractivity contribution < 1.29 is 19.1 Å². The molecule has 1 aromatic heterocycles. The molecule has 0 aliphatic rings. The summed E-state index contributed by atoms with van der Waals surface area (Å²) in [6, 6.07) is 11.9. The van der Waals surface area contributed by atoms with E-state index < -0.39 is 5.97 Å². The Kier molecular flexibility index (Phi) is 7.13. The molecule has 0 unspecified atom stereocenters. The number of esters is 1. The van der Waals surface area contributed by atoms with Crippen LogP contribution in [0, 0.1) is 27.7 Å². The van der Waals surface area contributed by atoms with Gasteiger partial charge < -0.3 is 14.8 Å². The Hall–Kier alpha value is -3.12. The van der Waals surface area contributed by atoms with Gasteiger partial charge in [-0.05, 0) is 57.4 Å². The van der Waals surface area contributed by atoms with Gasteiger partial charge in [-0.1, -0.05) is 41.5 Å². The highest BCUT2D eigenvalue weighted by Gasteiger charge is 2.23. The van der Waals surface area contributed by atoms with Crippen molar-refractivity contribution in [3.63, 3.8) is 0 Å². The second kappa shape index (κ2) is 9.79. The van der Waals surface area contributed by atoms with Gasteiger partial charge in [-0.3, -0.25) is 4.79 Å². The Morgan fingerprint density at radius 3 is 2.26 bits per heavy atom. The summed E-state index contributed by atoms with van der Waals surface area (Å²) < 4.78 is 10.9. The number of benzene rings is 2. The van der Waals surface area contributed by atoms with E-state index in [2.05, 4.69) is 11.4 Å². The van der Waals surface area contributed by atoms with E-state index >= 15 is 0 Å². The van der Waals surface area contributed by atoms with Gasteiger partial charge in [0.15, 0.2) is 6.61 Å². The first kappa shape index (κ1) is 22.6. The molecule has 162 valence electrons. The lowest BCUT2D eigenvalue weighted by molar-refractivity contribution is -0.118. The molecule has 3 rings (SSSR count). The Morgan fingerprint density at radius 1 is 0.935 bits per heavy atom. The summed E-state index contributed by atoms with van der Waals surface area (Å²) in [4.78, 5) is 25.3. The molecule has 1 N–H and O–H groups in total. The highest BCUT2D eigenvalue weighted by Crippen LogP contribution is 2.38. The molecule has 1 amide bonds. The van der Waals surface area contributed by atoms with Gasteiger partial charge in [0.05, 0.1) is 6.61 Å². The Morgan fingerprint density at radius 2 is 1.61 bits per heavy atom. The molecule has 2 aromatic carbocycles. The molecule has 0 radical (unpaired) electrons. The first-order valence-electron chi connectivity index (χ1n) is 10.2. The predicted molar refractivity (Wildman–Crippen MR) is 125 cm³/mol.